The van der Waals surface area contributed by atoms with Crippen molar-refractivity contribution in [2.75, 3.05) is 14.2 Å². The minimum atomic E-state index is -0.917. The van der Waals surface area contributed by atoms with Crippen molar-refractivity contribution in [2.45, 2.75) is 33.5 Å². The van der Waals surface area contributed by atoms with Crippen LogP contribution in [0.4, 0.5) is 0 Å². The molecule has 4 aromatic rings. The normalized spacial score (nSPS) is 11.8. The quantitative estimate of drug-likeness (QED) is 0.113. The summed E-state index contributed by atoms with van der Waals surface area (Å²) < 4.78 is 29.7. The second-order valence-electron chi connectivity index (χ2n) is 9.11. The number of hydrogen-bond donors (Lipinski definition) is 1. The Hall–Kier alpha value is -4.22. The molecule has 2 aromatic heterocycles. The number of carbonyl (C=O) groups is 2. The predicted octanol–water partition coefficient (Wildman–Crippen LogP) is 6.39. The second kappa shape index (κ2) is 13.6. The van der Waals surface area contributed by atoms with Crippen molar-refractivity contribution in [1.29, 1.82) is 0 Å². The molecule has 2 aromatic carbocycles. The molecule has 1 N–H and O–H groups in total. The van der Waals surface area contributed by atoms with E-state index in [0.717, 1.165) is 17.1 Å². The molecule has 12 heteroatoms. The van der Waals surface area contributed by atoms with Crippen LogP contribution < -0.4 is 19.6 Å². The maximum atomic E-state index is 12.6. The van der Waals surface area contributed by atoms with Crippen LogP contribution in [-0.2, 0) is 16.1 Å². The first-order valence-corrected chi connectivity index (χ1v) is 13.9. The average Bonchev–Trinajstić information content (AvgIpc) is 3.61. The first-order chi connectivity index (χ1) is 20.1. The molecule has 0 saturated heterocycles. The molecule has 0 spiro atoms. The largest absolute Gasteiger partial charge is 0.493 e. The summed E-state index contributed by atoms with van der Waals surface area (Å²) in [5.41, 5.74) is 6.24. The van der Waals surface area contributed by atoms with Crippen molar-refractivity contribution >= 4 is 45.6 Å². The van der Waals surface area contributed by atoms with Crippen LogP contribution in [0.25, 0.3) is 5.69 Å². The third-order valence-corrected chi connectivity index (χ3v) is 7.65. The van der Waals surface area contributed by atoms with E-state index in [9.17, 15) is 9.59 Å². The third-order valence-electron chi connectivity index (χ3n) is 6.21. The summed E-state index contributed by atoms with van der Waals surface area (Å²) in [6, 6.07) is 16.7. The highest BCUT2D eigenvalue weighted by Crippen LogP contribution is 2.42. The van der Waals surface area contributed by atoms with E-state index in [-0.39, 0.29) is 28.9 Å². The van der Waals surface area contributed by atoms with Crippen molar-refractivity contribution in [1.82, 2.24) is 9.99 Å². The lowest BCUT2D eigenvalue weighted by molar-refractivity contribution is -0.147. The fraction of sp³-hybridized carbons (Fsp3) is 0.233. The van der Waals surface area contributed by atoms with Gasteiger partial charge in [-0.1, -0.05) is 11.6 Å². The summed E-state index contributed by atoms with van der Waals surface area (Å²) in [5.74, 6) is 0.489. The fourth-order valence-electron chi connectivity index (χ4n) is 4.07. The van der Waals surface area contributed by atoms with Gasteiger partial charge in [-0.05, 0) is 91.3 Å². The van der Waals surface area contributed by atoms with Crippen molar-refractivity contribution in [2.24, 2.45) is 5.10 Å². The molecule has 0 aliphatic rings. The Morgan fingerprint density at radius 3 is 2.43 bits per heavy atom. The molecule has 0 radical (unpaired) electrons. The Morgan fingerprint density at radius 1 is 1.10 bits per heavy atom. The van der Waals surface area contributed by atoms with Gasteiger partial charge in [0.05, 0.1) is 20.4 Å². The number of benzene rings is 2. The van der Waals surface area contributed by atoms with Gasteiger partial charge in [0.1, 0.15) is 23.1 Å². The van der Waals surface area contributed by atoms with E-state index in [2.05, 4.69) is 61.7 Å². The molecule has 0 bridgehead atoms. The number of esters is 1. The first kappa shape index (κ1) is 30.7. The smallest absolute Gasteiger partial charge is 0.346 e. The molecule has 0 saturated carbocycles. The van der Waals surface area contributed by atoms with E-state index < -0.39 is 18.0 Å². The van der Waals surface area contributed by atoms with E-state index >= 15 is 0 Å². The molecule has 0 fully saturated rings. The number of rotatable bonds is 11. The number of hydrazone groups is 1. The lowest BCUT2D eigenvalue weighted by Gasteiger charge is -2.18. The molecule has 2 heterocycles. The highest BCUT2D eigenvalue weighted by Gasteiger charge is 2.23. The van der Waals surface area contributed by atoms with E-state index in [1.165, 1.54) is 33.4 Å². The van der Waals surface area contributed by atoms with Crippen molar-refractivity contribution < 1.29 is 33.0 Å². The third kappa shape index (κ3) is 6.97. The summed E-state index contributed by atoms with van der Waals surface area (Å²) in [6.45, 7) is 5.79. The molecule has 0 aliphatic carbocycles. The minimum absolute atomic E-state index is 0.0647. The molecule has 1 amide bonds. The average molecular weight is 659 g/mol. The van der Waals surface area contributed by atoms with Gasteiger partial charge in [-0.25, -0.2) is 10.2 Å². The monoisotopic (exact) mass is 657 g/mol. The maximum Gasteiger partial charge on any atom is 0.346 e. The number of hydrogen-bond acceptors (Lipinski definition) is 8. The van der Waals surface area contributed by atoms with Gasteiger partial charge in [0.15, 0.2) is 23.4 Å². The zero-order valence-electron chi connectivity index (χ0n) is 23.6. The topological polar surface area (TPSA) is 114 Å². The number of aromatic nitrogens is 1. The number of methoxy groups -OCH3 is 2. The first-order valence-electron chi connectivity index (χ1n) is 12.7. The summed E-state index contributed by atoms with van der Waals surface area (Å²) in [7, 11) is 2.69. The molecule has 220 valence electrons. The molecule has 1 atom stereocenters. The van der Waals surface area contributed by atoms with Crippen LogP contribution in [0.15, 0.2) is 68.6 Å². The molecule has 0 unspecified atom stereocenters. The Morgan fingerprint density at radius 2 is 1.79 bits per heavy atom. The lowest BCUT2D eigenvalue weighted by Crippen LogP contribution is -2.25. The predicted molar refractivity (Wildman–Crippen MR) is 161 cm³/mol. The highest BCUT2D eigenvalue weighted by atomic mass is 79.9. The van der Waals surface area contributed by atoms with Crippen LogP contribution in [-0.4, -0.2) is 43.0 Å². The number of nitrogens with one attached hydrogen (secondary N) is 1. The molecule has 4 rings (SSSR count). The van der Waals surface area contributed by atoms with Crippen LogP contribution >= 0.6 is 27.5 Å². The molecular weight excluding hydrogens is 630 g/mol. The maximum absolute atomic E-state index is 12.6. The van der Waals surface area contributed by atoms with Gasteiger partial charge < -0.3 is 27.9 Å². The van der Waals surface area contributed by atoms with E-state index in [1.54, 1.807) is 12.1 Å². The summed E-state index contributed by atoms with van der Waals surface area (Å²) >= 11 is 9.84. The summed E-state index contributed by atoms with van der Waals surface area (Å²) in [6.07, 6.45) is 0.456. The lowest BCUT2D eigenvalue weighted by atomic mass is 10.2. The molecule has 10 nitrogen and oxygen atoms in total. The molecular formula is C30H29BrClN3O7. The van der Waals surface area contributed by atoms with Crippen LogP contribution in [0.2, 0.25) is 5.02 Å². The zero-order chi connectivity index (χ0) is 30.4. The van der Waals surface area contributed by atoms with Crippen LogP contribution in [0, 0.1) is 13.8 Å². The number of amides is 1. The Balaban J connectivity index is 1.35. The van der Waals surface area contributed by atoms with Gasteiger partial charge in [0.2, 0.25) is 0 Å². The highest BCUT2D eigenvalue weighted by molar-refractivity contribution is 9.10. The number of aryl methyl sites for hydroxylation is 2. The Kier molecular flexibility index (Phi) is 9.97. The van der Waals surface area contributed by atoms with Crippen LogP contribution in [0.3, 0.4) is 0 Å². The van der Waals surface area contributed by atoms with Gasteiger partial charge in [0, 0.05) is 27.1 Å². The van der Waals surface area contributed by atoms with Gasteiger partial charge in [-0.15, -0.1) is 0 Å². The molecule has 0 aliphatic heterocycles. The Bertz CT molecular complexity index is 1590. The standard InChI is InChI=1S/C30H29BrClN3O7/c1-17-6-7-18(2)35(17)21-8-10-22(11-9-21)40-16-23-12-13-24(42-23)29(36)34-33-15-20-14-25(38-4)28(27(32)26(20)31)41-19(3)30(37)39-5/h6-15,19H,16H2,1-5H3,(H,34,36)/b33-15+/t19-/m1/s1. The van der Waals surface area contributed by atoms with Gasteiger partial charge in [0.25, 0.3) is 0 Å². The summed E-state index contributed by atoms with van der Waals surface area (Å²) in [4.78, 5) is 24.3. The Labute approximate surface area is 256 Å². The van der Waals surface area contributed by atoms with Gasteiger partial charge in [-0.2, -0.15) is 5.10 Å². The number of carbonyl (C=O) groups excluding carboxylic acids is 2. The van der Waals surface area contributed by atoms with Crippen LogP contribution in [0.5, 0.6) is 17.2 Å². The number of nitrogens with zero attached hydrogens (tertiary/aromatic N) is 2. The number of halogens is 2. The fourth-order valence-corrected chi connectivity index (χ4v) is 4.71. The van der Waals surface area contributed by atoms with E-state index in [1.807, 2.05) is 24.3 Å². The number of furan rings is 1. The van der Waals surface area contributed by atoms with E-state index in [0.29, 0.717) is 21.5 Å². The molecule has 42 heavy (non-hydrogen) atoms. The SMILES string of the molecule is COC(=O)[C@@H](C)Oc1c(OC)cc(/C=N/NC(=O)c2ccc(COc3ccc(-n4c(C)ccc4C)cc3)o2)c(Br)c1Cl. The van der Waals surface area contributed by atoms with Gasteiger partial charge in [-0.3, -0.25) is 4.79 Å². The summed E-state index contributed by atoms with van der Waals surface area (Å²) in [5, 5.41) is 4.15. The second-order valence-corrected chi connectivity index (χ2v) is 10.3. The van der Waals surface area contributed by atoms with Crippen molar-refractivity contribution in [3.8, 4) is 22.9 Å². The van der Waals surface area contributed by atoms with E-state index in [4.69, 9.17) is 30.2 Å². The van der Waals surface area contributed by atoms with Crippen LogP contribution in [0.1, 0.15) is 40.2 Å². The van der Waals surface area contributed by atoms with Crippen molar-refractivity contribution in [3.05, 3.63) is 92.6 Å². The minimum Gasteiger partial charge on any atom is -0.493 e. The zero-order valence-corrected chi connectivity index (χ0v) is 25.9. The van der Waals surface area contributed by atoms with Crippen molar-refractivity contribution in [3.63, 3.8) is 0 Å². The van der Waals surface area contributed by atoms with Gasteiger partial charge >= 0.3 is 11.9 Å². The number of ether oxygens (including phenoxy) is 4.